The molecule has 0 rings (SSSR count). The zero-order valence-corrected chi connectivity index (χ0v) is 6.78. The molecule has 0 unspecified atom stereocenters. The molecule has 0 aromatic carbocycles. The van der Waals surface area contributed by atoms with Crippen LogP contribution in [0.15, 0.2) is 0 Å². The molecule has 9 nitrogen and oxygen atoms in total. The monoisotopic (exact) mass is 195 g/mol. The molecule has 76 valence electrons. The maximum absolute atomic E-state index is 10.2. The summed E-state index contributed by atoms with van der Waals surface area (Å²) in [7, 11) is 0. The molecule has 0 radical (unpaired) electrons. The Morgan fingerprint density at radius 2 is 1.54 bits per heavy atom. The van der Waals surface area contributed by atoms with E-state index in [1.54, 1.807) is 0 Å². The zero-order chi connectivity index (χ0) is 10.6. The fourth-order valence-corrected chi connectivity index (χ4v) is 0.630. The normalized spacial score (nSPS) is 11.0. The van der Waals surface area contributed by atoms with Crippen LogP contribution in [-0.2, 0) is 0 Å². The molecule has 0 fully saturated rings. The third kappa shape index (κ3) is 2.23. The minimum Gasteiger partial charge on any atom is -0.393 e. The van der Waals surface area contributed by atoms with Gasteiger partial charge in [0.2, 0.25) is 15.6 Å². The van der Waals surface area contributed by atoms with Crippen LogP contribution in [-0.4, -0.2) is 44.1 Å². The van der Waals surface area contributed by atoms with Crippen molar-refractivity contribution in [2.75, 3.05) is 13.2 Å². The summed E-state index contributed by atoms with van der Waals surface area (Å²) >= 11 is 0. The molecule has 0 saturated heterocycles. The van der Waals surface area contributed by atoms with E-state index in [1.165, 1.54) is 0 Å². The third-order valence-electron chi connectivity index (χ3n) is 1.47. The molecule has 0 amide bonds. The van der Waals surface area contributed by atoms with Crippen molar-refractivity contribution >= 4 is 0 Å². The number of aliphatic hydroxyl groups is 2. The standard InChI is InChI=1S/C4H9N3O6/c1-4(2-8,3-9)5(6(10)11)7(12)13/h8-9H,2-3H2,1H3. The predicted octanol–water partition coefficient (Wildman–Crippen LogP) is -1.58. The molecule has 0 aromatic rings. The van der Waals surface area contributed by atoms with Gasteiger partial charge in [0.25, 0.3) is 0 Å². The quantitative estimate of drug-likeness (QED) is 0.399. The van der Waals surface area contributed by atoms with E-state index in [-0.39, 0.29) is 0 Å². The number of hydrogen-bond donors (Lipinski definition) is 2. The fraction of sp³-hybridized carbons (Fsp3) is 1.00. The minimum atomic E-state index is -1.91. The van der Waals surface area contributed by atoms with E-state index in [4.69, 9.17) is 10.2 Å². The van der Waals surface area contributed by atoms with Gasteiger partial charge in [-0.2, -0.15) is 0 Å². The van der Waals surface area contributed by atoms with Gasteiger partial charge in [-0.05, 0) is 6.92 Å². The van der Waals surface area contributed by atoms with Crippen molar-refractivity contribution in [1.29, 1.82) is 0 Å². The van der Waals surface area contributed by atoms with E-state index in [9.17, 15) is 20.2 Å². The maximum atomic E-state index is 10.2. The third-order valence-corrected chi connectivity index (χ3v) is 1.47. The van der Waals surface area contributed by atoms with E-state index in [0.29, 0.717) is 0 Å². The number of hydrogen-bond acceptors (Lipinski definition) is 6. The van der Waals surface area contributed by atoms with Crippen LogP contribution >= 0.6 is 0 Å². The van der Waals surface area contributed by atoms with Gasteiger partial charge in [0.1, 0.15) is 0 Å². The molecule has 0 heterocycles. The van der Waals surface area contributed by atoms with Crippen LogP contribution in [0.3, 0.4) is 0 Å². The molecule has 0 aliphatic rings. The first-order valence-electron chi connectivity index (χ1n) is 3.19. The average molecular weight is 195 g/mol. The van der Waals surface area contributed by atoms with Crippen molar-refractivity contribution in [2.45, 2.75) is 12.5 Å². The molecule has 2 N–H and O–H groups in total. The summed E-state index contributed by atoms with van der Waals surface area (Å²) in [4.78, 5) is 20.3. The van der Waals surface area contributed by atoms with Crippen LogP contribution in [0.2, 0.25) is 0 Å². The van der Waals surface area contributed by atoms with Crippen LogP contribution in [0.5, 0.6) is 0 Å². The maximum Gasteiger partial charge on any atom is 0.223 e. The Bertz CT molecular complexity index is 200. The molecule has 0 saturated carbocycles. The number of rotatable bonds is 5. The number of nitrogens with zero attached hydrogens (tertiary/aromatic N) is 3. The topological polar surface area (TPSA) is 130 Å². The van der Waals surface area contributed by atoms with Gasteiger partial charge in [-0.3, -0.25) is 0 Å². The van der Waals surface area contributed by atoms with E-state index in [1.807, 2.05) is 0 Å². The number of hydrazine groups is 2. The number of nitro groups is 2. The molecule has 0 atom stereocenters. The second-order valence-electron chi connectivity index (χ2n) is 2.58. The summed E-state index contributed by atoms with van der Waals surface area (Å²) < 4.78 is 0. The summed E-state index contributed by atoms with van der Waals surface area (Å²) in [6, 6.07) is 0. The van der Waals surface area contributed by atoms with E-state index in [2.05, 4.69) is 0 Å². The molecule has 0 spiro atoms. The van der Waals surface area contributed by atoms with Gasteiger partial charge in [0.15, 0.2) is 5.12 Å². The highest BCUT2D eigenvalue weighted by atomic mass is 16.8. The summed E-state index contributed by atoms with van der Waals surface area (Å²) in [6.45, 7) is -0.796. The van der Waals surface area contributed by atoms with Crippen molar-refractivity contribution in [3.63, 3.8) is 0 Å². The van der Waals surface area contributed by atoms with Crippen LogP contribution in [0.1, 0.15) is 6.92 Å². The van der Waals surface area contributed by atoms with Gasteiger partial charge in [-0.25, -0.2) is 20.2 Å². The first-order chi connectivity index (χ1) is 5.89. The Kier molecular flexibility index (Phi) is 3.51. The van der Waals surface area contributed by atoms with E-state index < -0.39 is 33.9 Å². The van der Waals surface area contributed by atoms with Gasteiger partial charge < -0.3 is 10.2 Å². The van der Waals surface area contributed by atoms with E-state index in [0.717, 1.165) is 6.92 Å². The van der Waals surface area contributed by atoms with Gasteiger partial charge in [0, 0.05) is 0 Å². The van der Waals surface area contributed by atoms with Crippen LogP contribution in [0.4, 0.5) is 0 Å². The van der Waals surface area contributed by atoms with Crippen molar-refractivity contribution < 1.29 is 20.3 Å². The molecule has 0 aliphatic heterocycles. The largest absolute Gasteiger partial charge is 0.393 e. The lowest BCUT2D eigenvalue weighted by Gasteiger charge is -2.22. The van der Waals surface area contributed by atoms with Crippen molar-refractivity contribution in [2.24, 2.45) is 0 Å². The molecule has 0 bridgehead atoms. The summed E-state index contributed by atoms with van der Waals surface area (Å²) in [5.74, 6) is 0. The summed E-state index contributed by atoms with van der Waals surface area (Å²) in [5, 5.41) is 34.6. The van der Waals surface area contributed by atoms with Gasteiger partial charge >= 0.3 is 0 Å². The lowest BCUT2D eigenvalue weighted by Crippen LogP contribution is -2.57. The van der Waals surface area contributed by atoms with Crippen molar-refractivity contribution in [1.82, 2.24) is 5.12 Å². The van der Waals surface area contributed by atoms with Crippen molar-refractivity contribution in [3.05, 3.63) is 20.2 Å². The highest BCUT2D eigenvalue weighted by molar-refractivity contribution is 4.76. The lowest BCUT2D eigenvalue weighted by atomic mass is 10.1. The SMILES string of the molecule is CC(CO)(CO)N([N+](=O)[O-])[N+](=O)[O-]. The van der Waals surface area contributed by atoms with E-state index >= 15 is 0 Å². The molecule has 0 aromatic heterocycles. The molecule has 0 aliphatic carbocycles. The Morgan fingerprint density at radius 1 is 1.23 bits per heavy atom. The van der Waals surface area contributed by atoms with Crippen LogP contribution < -0.4 is 0 Å². The molecular weight excluding hydrogens is 186 g/mol. The first kappa shape index (κ1) is 11.5. The summed E-state index contributed by atoms with van der Waals surface area (Å²) in [6.07, 6.45) is 0. The van der Waals surface area contributed by atoms with Gasteiger partial charge in [-0.15, -0.1) is 0 Å². The van der Waals surface area contributed by atoms with Crippen LogP contribution in [0, 0.1) is 20.2 Å². The predicted molar refractivity (Wildman–Crippen MR) is 38.4 cm³/mol. The minimum absolute atomic E-state index is 0.424. The summed E-state index contributed by atoms with van der Waals surface area (Å²) in [5.41, 5.74) is -1.91. The Morgan fingerprint density at radius 3 is 1.62 bits per heavy atom. The van der Waals surface area contributed by atoms with Crippen LogP contribution in [0.25, 0.3) is 0 Å². The highest BCUT2D eigenvalue weighted by Crippen LogP contribution is 2.13. The molecule has 13 heavy (non-hydrogen) atoms. The molecular formula is C4H9N3O6. The van der Waals surface area contributed by atoms with Crippen molar-refractivity contribution in [3.8, 4) is 0 Å². The van der Waals surface area contributed by atoms with Gasteiger partial charge in [0.05, 0.1) is 13.2 Å². The Balaban J connectivity index is 4.91. The average Bonchev–Trinajstić information content (AvgIpc) is 2.02. The Labute approximate surface area is 72.4 Å². The first-order valence-corrected chi connectivity index (χ1v) is 3.19. The second-order valence-corrected chi connectivity index (χ2v) is 2.58. The Hall–Kier alpha value is -1.48. The highest BCUT2D eigenvalue weighted by Gasteiger charge is 2.48. The second kappa shape index (κ2) is 3.96. The smallest absolute Gasteiger partial charge is 0.223 e. The zero-order valence-electron chi connectivity index (χ0n) is 6.78. The fourth-order valence-electron chi connectivity index (χ4n) is 0.630. The lowest BCUT2D eigenvalue weighted by molar-refractivity contribution is -0.923. The van der Waals surface area contributed by atoms with Gasteiger partial charge in [-0.1, -0.05) is 0 Å². The molecule has 9 heteroatoms. The number of aliphatic hydroxyl groups excluding tert-OH is 2.